The lowest BCUT2D eigenvalue weighted by molar-refractivity contribution is -0.119. The van der Waals surface area contributed by atoms with Crippen LogP contribution in [-0.2, 0) is 4.79 Å². The third-order valence-electron chi connectivity index (χ3n) is 3.55. The van der Waals surface area contributed by atoms with Crippen LogP contribution in [0.4, 0.5) is 0 Å². The molecule has 0 aliphatic heterocycles. The van der Waals surface area contributed by atoms with E-state index in [1.54, 1.807) is 16.7 Å². The number of fused-ring (bicyclic) bond motifs is 1. The van der Waals surface area contributed by atoms with Gasteiger partial charge in [0.2, 0.25) is 5.91 Å². The lowest BCUT2D eigenvalue weighted by atomic mass is 10.0. The van der Waals surface area contributed by atoms with Gasteiger partial charge in [-0.15, -0.1) is 10.2 Å². The van der Waals surface area contributed by atoms with E-state index in [9.17, 15) is 4.79 Å². The zero-order chi connectivity index (χ0) is 17.7. The number of pyridine rings is 1. The van der Waals surface area contributed by atoms with Crippen molar-refractivity contribution in [3.8, 4) is 0 Å². The van der Waals surface area contributed by atoms with Gasteiger partial charge in [-0.1, -0.05) is 61.7 Å². The number of hydrogen-bond donors (Lipinski definition) is 1. The molecule has 5 nitrogen and oxygen atoms in total. The van der Waals surface area contributed by atoms with E-state index >= 15 is 0 Å². The van der Waals surface area contributed by atoms with Crippen LogP contribution in [0.25, 0.3) is 5.65 Å². The van der Waals surface area contributed by atoms with Gasteiger partial charge in [0.15, 0.2) is 10.8 Å². The SMILES string of the molecule is CC(C)CCC[C@@H](C)NC(=O)CSc1nnc2c(Cl)cc(Cl)cn12. The molecule has 0 unspecified atom stereocenters. The number of hydrogen-bond acceptors (Lipinski definition) is 4. The Labute approximate surface area is 156 Å². The average Bonchev–Trinajstić information content (AvgIpc) is 2.87. The lowest BCUT2D eigenvalue weighted by Gasteiger charge is -2.14. The molecule has 2 aromatic rings. The van der Waals surface area contributed by atoms with Crippen LogP contribution in [0.2, 0.25) is 10.0 Å². The highest BCUT2D eigenvalue weighted by molar-refractivity contribution is 7.99. The third kappa shape index (κ3) is 5.53. The summed E-state index contributed by atoms with van der Waals surface area (Å²) in [7, 11) is 0. The molecule has 0 saturated carbocycles. The van der Waals surface area contributed by atoms with E-state index in [0.717, 1.165) is 12.8 Å². The molecule has 132 valence electrons. The summed E-state index contributed by atoms with van der Waals surface area (Å²) in [6.45, 7) is 6.46. The normalized spacial score (nSPS) is 12.8. The van der Waals surface area contributed by atoms with Gasteiger partial charge >= 0.3 is 0 Å². The van der Waals surface area contributed by atoms with Crippen molar-refractivity contribution in [2.24, 2.45) is 5.92 Å². The van der Waals surface area contributed by atoms with Crippen LogP contribution in [0, 0.1) is 5.92 Å². The fourth-order valence-corrected chi connectivity index (χ4v) is 3.58. The Balaban J connectivity index is 1.86. The van der Waals surface area contributed by atoms with Crippen molar-refractivity contribution < 1.29 is 4.79 Å². The van der Waals surface area contributed by atoms with Crippen molar-refractivity contribution in [3.63, 3.8) is 0 Å². The summed E-state index contributed by atoms with van der Waals surface area (Å²) in [6, 6.07) is 1.79. The van der Waals surface area contributed by atoms with E-state index < -0.39 is 0 Å². The molecule has 24 heavy (non-hydrogen) atoms. The zero-order valence-electron chi connectivity index (χ0n) is 14.1. The molecule has 2 aromatic heterocycles. The first kappa shape index (κ1) is 19.3. The number of thioether (sulfide) groups is 1. The van der Waals surface area contributed by atoms with Crippen LogP contribution in [0.5, 0.6) is 0 Å². The maximum absolute atomic E-state index is 12.1. The Morgan fingerprint density at radius 1 is 1.29 bits per heavy atom. The van der Waals surface area contributed by atoms with Crippen molar-refractivity contribution >= 4 is 46.5 Å². The van der Waals surface area contributed by atoms with E-state index in [0.29, 0.717) is 26.8 Å². The standard InChI is InChI=1S/C16H22Cl2N4OS/c1-10(2)5-4-6-11(3)19-14(23)9-24-16-21-20-15-13(18)7-12(17)8-22(15)16/h7-8,10-11H,4-6,9H2,1-3H3,(H,19,23)/t11-/m1/s1. The Kier molecular flexibility index (Phi) is 7.19. The fourth-order valence-electron chi connectivity index (χ4n) is 2.35. The highest BCUT2D eigenvalue weighted by atomic mass is 35.5. The maximum Gasteiger partial charge on any atom is 0.230 e. The van der Waals surface area contributed by atoms with Gasteiger partial charge in [0, 0.05) is 12.2 Å². The first-order valence-electron chi connectivity index (χ1n) is 7.98. The molecule has 0 fully saturated rings. The zero-order valence-corrected chi connectivity index (χ0v) is 16.4. The predicted molar refractivity (Wildman–Crippen MR) is 100 cm³/mol. The molecule has 0 aromatic carbocycles. The molecule has 0 aliphatic carbocycles. The van der Waals surface area contributed by atoms with Crippen LogP contribution in [0.1, 0.15) is 40.0 Å². The van der Waals surface area contributed by atoms with Gasteiger partial charge in [0.25, 0.3) is 0 Å². The van der Waals surface area contributed by atoms with E-state index in [1.165, 1.54) is 18.2 Å². The van der Waals surface area contributed by atoms with Crippen LogP contribution in [-0.4, -0.2) is 32.3 Å². The van der Waals surface area contributed by atoms with Gasteiger partial charge in [-0.2, -0.15) is 0 Å². The first-order chi connectivity index (χ1) is 11.4. The summed E-state index contributed by atoms with van der Waals surface area (Å²) in [5.41, 5.74) is 0.533. The number of carbonyl (C=O) groups is 1. The summed E-state index contributed by atoms with van der Waals surface area (Å²) >= 11 is 13.4. The molecule has 0 aliphatic rings. The topological polar surface area (TPSA) is 59.3 Å². The van der Waals surface area contributed by atoms with Crippen LogP contribution >= 0.6 is 35.0 Å². The van der Waals surface area contributed by atoms with Crippen molar-refractivity contribution in [2.75, 3.05) is 5.75 Å². The highest BCUT2D eigenvalue weighted by Gasteiger charge is 2.13. The quantitative estimate of drug-likeness (QED) is 0.678. The molecule has 0 bridgehead atoms. The van der Waals surface area contributed by atoms with Crippen molar-refractivity contribution in [3.05, 3.63) is 22.3 Å². The van der Waals surface area contributed by atoms with Gasteiger partial charge in [-0.05, 0) is 25.3 Å². The number of nitrogens with one attached hydrogen (secondary N) is 1. The second-order valence-electron chi connectivity index (χ2n) is 6.26. The average molecular weight is 389 g/mol. The molecule has 1 atom stereocenters. The van der Waals surface area contributed by atoms with Crippen LogP contribution < -0.4 is 5.32 Å². The Morgan fingerprint density at radius 3 is 2.75 bits per heavy atom. The molecule has 8 heteroatoms. The molecule has 2 rings (SSSR count). The Hall–Kier alpha value is -0.980. The summed E-state index contributed by atoms with van der Waals surface area (Å²) in [6.07, 6.45) is 4.99. The second kappa shape index (κ2) is 8.92. The number of rotatable bonds is 8. The number of halogens is 2. The van der Waals surface area contributed by atoms with Gasteiger partial charge in [-0.25, -0.2) is 0 Å². The largest absolute Gasteiger partial charge is 0.353 e. The van der Waals surface area contributed by atoms with E-state index in [4.69, 9.17) is 23.2 Å². The van der Waals surface area contributed by atoms with Crippen molar-refractivity contribution in [1.82, 2.24) is 19.9 Å². The lowest BCUT2D eigenvalue weighted by Crippen LogP contribution is -2.33. The van der Waals surface area contributed by atoms with Crippen molar-refractivity contribution in [1.29, 1.82) is 0 Å². The minimum atomic E-state index is -0.0121. The number of nitrogens with zero attached hydrogens (tertiary/aromatic N) is 3. The van der Waals surface area contributed by atoms with Crippen molar-refractivity contribution in [2.45, 2.75) is 51.2 Å². The fraction of sp³-hybridized carbons (Fsp3) is 0.562. The molecule has 0 spiro atoms. The van der Waals surface area contributed by atoms with Crippen LogP contribution in [0.3, 0.4) is 0 Å². The minimum absolute atomic E-state index is 0.0121. The molecule has 0 saturated heterocycles. The second-order valence-corrected chi connectivity index (χ2v) is 8.05. The van der Waals surface area contributed by atoms with Crippen LogP contribution in [0.15, 0.2) is 17.4 Å². The summed E-state index contributed by atoms with van der Waals surface area (Å²) in [5, 5.41) is 12.6. The number of carbonyl (C=O) groups excluding carboxylic acids is 1. The van der Waals surface area contributed by atoms with E-state index in [2.05, 4.69) is 29.4 Å². The monoisotopic (exact) mass is 388 g/mol. The predicted octanol–water partition coefficient (Wildman–Crippen LogP) is 4.46. The molecule has 1 amide bonds. The Bertz CT molecular complexity index is 705. The van der Waals surface area contributed by atoms with E-state index in [-0.39, 0.29) is 17.7 Å². The molecular formula is C16H22Cl2N4OS. The first-order valence-corrected chi connectivity index (χ1v) is 9.73. The molecular weight excluding hydrogens is 367 g/mol. The summed E-state index contributed by atoms with van der Waals surface area (Å²) in [4.78, 5) is 12.1. The van der Waals surface area contributed by atoms with Gasteiger partial charge in [-0.3, -0.25) is 9.20 Å². The minimum Gasteiger partial charge on any atom is -0.353 e. The van der Waals surface area contributed by atoms with Gasteiger partial charge < -0.3 is 5.32 Å². The Morgan fingerprint density at radius 2 is 2.04 bits per heavy atom. The number of amides is 1. The summed E-state index contributed by atoms with van der Waals surface area (Å²) in [5.74, 6) is 0.963. The number of aromatic nitrogens is 3. The molecule has 2 heterocycles. The molecule has 1 N–H and O–H groups in total. The molecule has 0 radical (unpaired) electrons. The highest BCUT2D eigenvalue weighted by Crippen LogP contribution is 2.25. The maximum atomic E-state index is 12.1. The summed E-state index contributed by atoms with van der Waals surface area (Å²) < 4.78 is 1.70. The smallest absolute Gasteiger partial charge is 0.230 e. The van der Waals surface area contributed by atoms with Gasteiger partial charge in [0.05, 0.1) is 15.8 Å². The van der Waals surface area contributed by atoms with Gasteiger partial charge in [0.1, 0.15) is 0 Å². The van der Waals surface area contributed by atoms with E-state index in [1.807, 2.05) is 6.92 Å². The third-order valence-corrected chi connectivity index (χ3v) is 4.98.